The number of nitrogens with zero attached hydrogens (tertiary/aromatic N) is 1. The molecular formula is C14H17NO3S. The first-order valence-corrected chi connectivity index (χ1v) is 7.66. The summed E-state index contributed by atoms with van der Waals surface area (Å²) in [4.78, 5) is 26.7. The van der Waals surface area contributed by atoms with E-state index in [2.05, 4.69) is 0 Å². The number of fused-ring (bicyclic) bond motifs is 1. The van der Waals surface area contributed by atoms with E-state index in [4.69, 9.17) is 0 Å². The van der Waals surface area contributed by atoms with Crippen molar-refractivity contribution in [3.8, 4) is 0 Å². The van der Waals surface area contributed by atoms with Gasteiger partial charge in [0.1, 0.15) is 6.04 Å². The Balaban J connectivity index is 1.84. The molecule has 1 aromatic rings. The second-order valence-electron chi connectivity index (χ2n) is 5.27. The molecule has 19 heavy (non-hydrogen) atoms. The molecule has 1 aliphatic heterocycles. The predicted molar refractivity (Wildman–Crippen MR) is 72.4 cm³/mol. The minimum atomic E-state index is -0.868. The summed E-state index contributed by atoms with van der Waals surface area (Å²) in [5.74, 6) is -0.966. The van der Waals surface area contributed by atoms with Crippen LogP contribution in [0, 0.1) is 0 Å². The Morgan fingerprint density at radius 3 is 2.95 bits per heavy atom. The number of amides is 1. The molecule has 0 bridgehead atoms. The summed E-state index contributed by atoms with van der Waals surface area (Å²) in [6.45, 7) is 0.589. The number of rotatable bonds is 2. The van der Waals surface area contributed by atoms with Crippen LogP contribution in [-0.4, -0.2) is 34.5 Å². The fourth-order valence-electron chi connectivity index (χ4n) is 3.23. The van der Waals surface area contributed by atoms with Crippen molar-refractivity contribution in [3.05, 3.63) is 21.9 Å². The van der Waals surface area contributed by atoms with Crippen LogP contribution < -0.4 is 0 Å². The van der Waals surface area contributed by atoms with Gasteiger partial charge < -0.3 is 10.0 Å². The maximum absolute atomic E-state index is 12.6. The number of aliphatic carboxylic acids is 1. The van der Waals surface area contributed by atoms with Crippen LogP contribution in [0.2, 0.25) is 0 Å². The molecule has 3 rings (SSSR count). The maximum atomic E-state index is 12.6. The minimum absolute atomic E-state index is 0.0178. The van der Waals surface area contributed by atoms with Crippen LogP contribution in [0.1, 0.15) is 42.0 Å². The molecule has 0 aromatic carbocycles. The number of hydrogen-bond acceptors (Lipinski definition) is 3. The van der Waals surface area contributed by atoms with Gasteiger partial charge in [-0.2, -0.15) is 0 Å². The van der Waals surface area contributed by atoms with E-state index in [1.165, 1.54) is 4.88 Å². The van der Waals surface area contributed by atoms with Crippen molar-refractivity contribution in [2.45, 2.75) is 44.1 Å². The van der Waals surface area contributed by atoms with E-state index in [9.17, 15) is 14.7 Å². The highest BCUT2D eigenvalue weighted by molar-refractivity contribution is 7.10. The number of carbonyl (C=O) groups excluding carboxylic acids is 1. The normalized spacial score (nSPS) is 26.2. The van der Waals surface area contributed by atoms with Crippen LogP contribution in [0.25, 0.3) is 0 Å². The van der Waals surface area contributed by atoms with Gasteiger partial charge in [0.2, 0.25) is 5.91 Å². The summed E-state index contributed by atoms with van der Waals surface area (Å²) >= 11 is 1.71. The average Bonchev–Trinajstić information content (AvgIpc) is 3.05. The summed E-state index contributed by atoms with van der Waals surface area (Å²) in [6, 6.07) is 1.42. The molecule has 2 atom stereocenters. The van der Waals surface area contributed by atoms with Gasteiger partial charge in [-0.25, -0.2) is 4.79 Å². The number of hydrogen-bond donors (Lipinski definition) is 1. The lowest BCUT2D eigenvalue weighted by Gasteiger charge is -2.29. The summed E-state index contributed by atoms with van der Waals surface area (Å²) < 4.78 is 0. The topological polar surface area (TPSA) is 57.6 Å². The Hall–Kier alpha value is -1.36. The number of thiophene rings is 1. The molecule has 1 aliphatic carbocycles. The molecule has 0 radical (unpaired) electrons. The van der Waals surface area contributed by atoms with Gasteiger partial charge in [0.15, 0.2) is 0 Å². The molecule has 1 amide bonds. The Labute approximate surface area is 116 Å². The van der Waals surface area contributed by atoms with Crippen molar-refractivity contribution in [2.24, 2.45) is 0 Å². The van der Waals surface area contributed by atoms with Crippen molar-refractivity contribution in [3.63, 3.8) is 0 Å². The summed E-state index contributed by atoms with van der Waals surface area (Å²) in [7, 11) is 0. The molecule has 1 N–H and O–H groups in total. The second kappa shape index (κ2) is 4.96. The van der Waals surface area contributed by atoms with Crippen LogP contribution >= 0.6 is 11.3 Å². The third-order valence-corrected chi connectivity index (χ3v) is 5.17. The molecule has 0 spiro atoms. The predicted octanol–water partition coefficient (Wildman–Crippen LogP) is 2.24. The van der Waals surface area contributed by atoms with Gasteiger partial charge >= 0.3 is 5.97 Å². The molecule has 1 saturated heterocycles. The van der Waals surface area contributed by atoms with E-state index in [0.29, 0.717) is 13.0 Å². The van der Waals surface area contributed by atoms with Gasteiger partial charge in [0.25, 0.3) is 0 Å². The molecule has 1 aromatic heterocycles. The van der Waals surface area contributed by atoms with Crippen molar-refractivity contribution in [1.29, 1.82) is 0 Å². The van der Waals surface area contributed by atoms with Crippen molar-refractivity contribution < 1.29 is 14.7 Å². The fraction of sp³-hybridized carbons (Fsp3) is 0.571. The molecule has 2 aliphatic rings. The summed E-state index contributed by atoms with van der Waals surface area (Å²) in [6.07, 6.45) is 4.32. The zero-order chi connectivity index (χ0) is 13.4. The highest BCUT2D eigenvalue weighted by Gasteiger charge is 2.38. The number of carboxylic acids is 1. The minimum Gasteiger partial charge on any atom is -0.480 e. The van der Waals surface area contributed by atoms with E-state index in [1.54, 1.807) is 16.2 Å². The lowest BCUT2D eigenvalue weighted by molar-refractivity contribution is -0.148. The van der Waals surface area contributed by atoms with E-state index in [1.807, 2.05) is 11.4 Å². The Kier molecular flexibility index (Phi) is 3.31. The zero-order valence-corrected chi connectivity index (χ0v) is 11.5. The van der Waals surface area contributed by atoms with Crippen LogP contribution in [0.5, 0.6) is 0 Å². The molecule has 0 saturated carbocycles. The largest absolute Gasteiger partial charge is 0.480 e. The van der Waals surface area contributed by atoms with Gasteiger partial charge in [-0.05, 0) is 49.1 Å². The first-order chi connectivity index (χ1) is 9.18. The Morgan fingerprint density at radius 1 is 1.32 bits per heavy atom. The van der Waals surface area contributed by atoms with Gasteiger partial charge in [0, 0.05) is 11.4 Å². The fourth-order valence-corrected chi connectivity index (χ4v) is 4.22. The average molecular weight is 279 g/mol. The lowest BCUT2D eigenvalue weighted by atomic mass is 9.86. The van der Waals surface area contributed by atoms with Gasteiger partial charge in [-0.3, -0.25) is 4.79 Å². The number of likely N-dealkylation sites (tertiary alicyclic amines) is 1. The monoisotopic (exact) mass is 279 g/mol. The van der Waals surface area contributed by atoms with Crippen LogP contribution in [0.3, 0.4) is 0 Å². The second-order valence-corrected chi connectivity index (χ2v) is 6.27. The Bertz CT molecular complexity index is 511. The lowest BCUT2D eigenvalue weighted by Crippen LogP contribution is -2.43. The third kappa shape index (κ3) is 2.16. The molecule has 1 fully saturated rings. The standard InChI is InChI=1S/C14H17NO3S/c16-13(15-7-2-4-11(15)14(17)18)10-3-1-5-12-9(10)6-8-19-12/h6,8,10-11H,1-5,7H2,(H,17,18)/t10?,11-/m1/s1. The first-order valence-electron chi connectivity index (χ1n) is 6.78. The van der Waals surface area contributed by atoms with Crippen LogP contribution in [-0.2, 0) is 16.0 Å². The zero-order valence-electron chi connectivity index (χ0n) is 10.7. The van der Waals surface area contributed by atoms with E-state index >= 15 is 0 Å². The molecule has 4 nitrogen and oxygen atoms in total. The maximum Gasteiger partial charge on any atom is 0.326 e. The highest BCUT2D eigenvalue weighted by Crippen LogP contribution is 2.37. The van der Waals surface area contributed by atoms with Gasteiger partial charge in [0.05, 0.1) is 5.92 Å². The van der Waals surface area contributed by atoms with Gasteiger partial charge in [-0.1, -0.05) is 0 Å². The molecule has 2 heterocycles. The molecule has 1 unspecified atom stereocenters. The van der Waals surface area contributed by atoms with E-state index < -0.39 is 12.0 Å². The summed E-state index contributed by atoms with van der Waals surface area (Å²) in [5, 5.41) is 11.2. The highest BCUT2D eigenvalue weighted by atomic mass is 32.1. The van der Waals surface area contributed by atoms with Crippen LogP contribution in [0.4, 0.5) is 0 Å². The van der Waals surface area contributed by atoms with Gasteiger partial charge in [-0.15, -0.1) is 11.3 Å². The van der Waals surface area contributed by atoms with Crippen molar-refractivity contribution >= 4 is 23.2 Å². The first kappa shape index (κ1) is 12.7. The van der Waals surface area contributed by atoms with Crippen molar-refractivity contribution in [1.82, 2.24) is 4.90 Å². The molecule has 102 valence electrons. The molecular weight excluding hydrogens is 262 g/mol. The summed E-state index contributed by atoms with van der Waals surface area (Å²) in [5.41, 5.74) is 1.14. The third-order valence-electron chi connectivity index (χ3n) is 4.17. The smallest absolute Gasteiger partial charge is 0.326 e. The van der Waals surface area contributed by atoms with E-state index in [0.717, 1.165) is 31.2 Å². The SMILES string of the molecule is O=C(O)[C@H]1CCCN1C(=O)C1CCCc2sccc21. The number of aryl methyl sites for hydroxylation is 1. The Morgan fingerprint density at radius 2 is 2.16 bits per heavy atom. The quantitative estimate of drug-likeness (QED) is 0.903. The van der Waals surface area contributed by atoms with Crippen LogP contribution in [0.15, 0.2) is 11.4 Å². The van der Waals surface area contributed by atoms with Crippen molar-refractivity contribution in [2.75, 3.05) is 6.54 Å². The molecule has 5 heteroatoms. The number of carboxylic acid groups (broad SMARTS) is 1. The number of carbonyl (C=O) groups is 2. The van der Waals surface area contributed by atoms with E-state index in [-0.39, 0.29) is 11.8 Å².